The van der Waals surface area contributed by atoms with E-state index in [9.17, 15) is 25.2 Å². The summed E-state index contributed by atoms with van der Waals surface area (Å²) < 4.78 is 59.2. The summed E-state index contributed by atoms with van der Waals surface area (Å²) in [6.45, 7) is 9.20. The Balaban J connectivity index is 0. The van der Waals surface area contributed by atoms with Gasteiger partial charge in [-0.2, -0.15) is 5.26 Å². The molecule has 0 aliphatic carbocycles. The zero-order valence-corrected chi connectivity index (χ0v) is 10.9. The molecule has 0 aromatic heterocycles. The standard InChI is InChI=1S/C8H16N2.F6P/c1-7(2)10(6-5-9)8(3)4;1-7(2,3,4,5)6/h7-8H,6H2,1-4H3;/q;-1/p+1. The summed E-state index contributed by atoms with van der Waals surface area (Å²) in [6, 6.07) is 3.30. The van der Waals surface area contributed by atoms with Gasteiger partial charge in [-0.3, -0.25) is 0 Å². The van der Waals surface area contributed by atoms with Crippen LogP contribution in [0.1, 0.15) is 27.7 Å². The number of quaternary nitrogens is 1. The van der Waals surface area contributed by atoms with Crippen molar-refractivity contribution in [3.8, 4) is 6.07 Å². The number of nitrogens with zero attached hydrogens (tertiary/aromatic N) is 1. The van der Waals surface area contributed by atoms with Crippen molar-refractivity contribution < 1.29 is 30.1 Å². The fraction of sp³-hybridized carbons (Fsp3) is 0.875. The molecule has 0 spiro atoms. The van der Waals surface area contributed by atoms with Gasteiger partial charge < -0.3 is 4.90 Å². The van der Waals surface area contributed by atoms with E-state index in [0.29, 0.717) is 18.6 Å². The summed E-state index contributed by atoms with van der Waals surface area (Å²) in [4.78, 5) is 1.36. The van der Waals surface area contributed by atoms with Crippen LogP contribution < -0.4 is 4.90 Å². The van der Waals surface area contributed by atoms with Crippen LogP contribution in [0.5, 0.6) is 0 Å². The van der Waals surface area contributed by atoms with Crippen molar-refractivity contribution in [2.75, 3.05) is 6.54 Å². The van der Waals surface area contributed by atoms with E-state index in [4.69, 9.17) is 5.26 Å². The summed E-state index contributed by atoms with van der Waals surface area (Å²) >= 11 is 0. The molecule has 0 aromatic carbocycles. The average Bonchev–Trinajstić information content (AvgIpc) is 1.92. The van der Waals surface area contributed by atoms with Crippen LogP contribution in [0.3, 0.4) is 0 Å². The van der Waals surface area contributed by atoms with Gasteiger partial charge >= 0.3 is 33.0 Å². The number of halogens is 6. The van der Waals surface area contributed by atoms with Crippen molar-refractivity contribution in [2.24, 2.45) is 0 Å². The van der Waals surface area contributed by atoms with Gasteiger partial charge in [0, 0.05) is 0 Å². The number of hydrogen-bond donors (Lipinski definition) is 1. The molecule has 0 aromatic rings. The molecule has 0 rings (SSSR count). The van der Waals surface area contributed by atoms with Gasteiger partial charge in [-0.1, -0.05) is 0 Å². The van der Waals surface area contributed by atoms with E-state index < -0.39 is 7.81 Å². The van der Waals surface area contributed by atoms with Crippen LogP contribution in [-0.2, 0) is 0 Å². The van der Waals surface area contributed by atoms with E-state index in [-0.39, 0.29) is 0 Å². The summed E-state index contributed by atoms with van der Waals surface area (Å²) in [5.74, 6) is 0. The van der Waals surface area contributed by atoms with E-state index >= 15 is 0 Å². The second kappa shape index (κ2) is 4.99. The van der Waals surface area contributed by atoms with Gasteiger partial charge in [0.05, 0.1) is 12.1 Å². The van der Waals surface area contributed by atoms with E-state index in [1.807, 2.05) is 0 Å². The van der Waals surface area contributed by atoms with Crippen molar-refractivity contribution in [3.05, 3.63) is 0 Å². The van der Waals surface area contributed by atoms with Gasteiger partial charge in [-0.15, -0.1) is 0 Å². The molecule has 0 radical (unpaired) electrons. The molecule has 106 valence electrons. The van der Waals surface area contributed by atoms with Crippen LogP contribution in [0.25, 0.3) is 0 Å². The molecule has 0 saturated carbocycles. The summed E-state index contributed by atoms with van der Waals surface area (Å²) in [5, 5.41) is 8.46. The molecule has 0 aliphatic heterocycles. The molecular weight excluding hydrogens is 269 g/mol. The Hall–Kier alpha value is -0.540. The summed E-state index contributed by atoms with van der Waals surface area (Å²) in [7, 11) is -10.7. The number of nitrogens with one attached hydrogen (secondary N) is 1. The molecule has 2 nitrogen and oxygen atoms in total. The quantitative estimate of drug-likeness (QED) is 0.479. The normalized spacial score (nSPS) is 16.0. The predicted octanol–water partition coefficient (Wildman–Crippen LogP) is 3.59. The average molecular weight is 286 g/mol. The molecule has 0 fully saturated rings. The van der Waals surface area contributed by atoms with Gasteiger partial charge in [0.25, 0.3) is 0 Å². The van der Waals surface area contributed by atoms with Crippen molar-refractivity contribution in [3.63, 3.8) is 0 Å². The molecular formula is C8H17F6N2P. The Morgan fingerprint density at radius 3 is 1.24 bits per heavy atom. The van der Waals surface area contributed by atoms with Gasteiger partial charge in [-0.25, -0.2) is 0 Å². The number of hydrogen-bond acceptors (Lipinski definition) is 1. The molecule has 1 N–H and O–H groups in total. The summed E-state index contributed by atoms with van der Waals surface area (Å²) in [5.41, 5.74) is 0. The minimum absolute atomic E-state index is 0.555. The first-order valence-corrected chi connectivity index (χ1v) is 6.86. The van der Waals surface area contributed by atoms with Gasteiger partial charge in [0.2, 0.25) is 0 Å². The fourth-order valence-corrected chi connectivity index (χ4v) is 1.17. The third-order valence-corrected chi connectivity index (χ3v) is 1.77. The van der Waals surface area contributed by atoms with E-state index in [1.54, 1.807) is 0 Å². The van der Waals surface area contributed by atoms with Crippen LogP contribution >= 0.6 is 7.81 Å². The van der Waals surface area contributed by atoms with Crippen molar-refractivity contribution >= 4 is 7.81 Å². The minimum atomic E-state index is -10.7. The molecule has 0 saturated heterocycles. The Kier molecular flexibility index (Phi) is 5.52. The van der Waals surface area contributed by atoms with Crippen LogP contribution in [0, 0.1) is 11.3 Å². The van der Waals surface area contributed by atoms with Crippen molar-refractivity contribution in [1.82, 2.24) is 0 Å². The SMILES string of the molecule is CC(C)[NH+](CC#N)C(C)C.F[P-](F)(F)(F)(F)F. The van der Waals surface area contributed by atoms with Crippen LogP contribution in [0.2, 0.25) is 0 Å². The molecule has 9 heteroatoms. The van der Waals surface area contributed by atoms with Gasteiger partial charge in [-0.05, 0) is 27.7 Å². The third-order valence-electron chi connectivity index (χ3n) is 1.77. The molecule has 0 bridgehead atoms. The molecule has 0 unspecified atom stereocenters. The third kappa shape index (κ3) is 25.6. The first-order chi connectivity index (χ1) is 7.04. The van der Waals surface area contributed by atoms with Gasteiger partial charge in [0.1, 0.15) is 6.07 Å². The van der Waals surface area contributed by atoms with Crippen LogP contribution in [0.4, 0.5) is 25.2 Å². The molecule has 0 atom stereocenters. The maximum atomic E-state index is 9.87. The van der Waals surface area contributed by atoms with Crippen LogP contribution in [-0.4, -0.2) is 18.6 Å². The second-order valence-corrected chi connectivity index (χ2v) is 6.09. The number of rotatable bonds is 3. The Morgan fingerprint density at radius 1 is 0.941 bits per heavy atom. The molecule has 0 amide bonds. The molecule has 17 heavy (non-hydrogen) atoms. The zero-order valence-electron chi connectivity index (χ0n) is 10.0. The summed E-state index contributed by atoms with van der Waals surface area (Å²) in [6.07, 6.45) is 0. The van der Waals surface area contributed by atoms with Crippen LogP contribution in [0.15, 0.2) is 0 Å². The molecule has 0 heterocycles. The van der Waals surface area contributed by atoms with E-state index in [1.165, 1.54) is 4.90 Å². The second-order valence-electron chi connectivity index (χ2n) is 4.18. The van der Waals surface area contributed by atoms with Crippen molar-refractivity contribution in [1.29, 1.82) is 5.26 Å². The van der Waals surface area contributed by atoms with Gasteiger partial charge in [0.15, 0.2) is 6.54 Å². The maximum absolute atomic E-state index is 10.7. The monoisotopic (exact) mass is 286 g/mol. The predicted molar refractivity (Wildman–Crippen MR) is 55.3 cm³/mol. The Labute approximate surface area is 96.4 Å². The first-order valence-electron chi connectivity index (χ1n) is 4.83. The molecule has 0 aliphatic rings. The zero-order chi connectivity index (χ0) is 14.6. The Bertz CT molecular complexity index is 255. The fourth-order valence-electron chi connectivity index (χ4n) is 1.17. The topological polar surface area (TPSA) is 28.2 Å². The van der Waals surface area contributed by atoms with E-state index in [0.717, 1.165) is 0 Å². The van der Waals surface area contributed by atoms with Crippen molar-refractivity contribution in [2.45, 2.75) is 39.8 Å². The Morgan fingerprint density at radius 2 is 1.18 bits per heavy atom. The van der Waals surface area contributed by atoms with E-state index in [2.05, 4.69) is 33.8 Å². The first kappa shape index (κ1) is 18.8. The number of nitriles is 1.